The van der Waals surface area contributed by atoms with Gasteiger partial charge in [0.2, 0.25) is 0 Å². The molecule has 0 radical (unpaired) electrons. The number of fused-ring (bicyclic) bond motifs is 4. The third-order valence-corrected chi connectivity index (χ3v) is 7.69. The van der Waals surface area contributed by atoms with E-state index in [0.29, 0.717) is 26.4 Å². The zero-order valence-corrected chi connectivity index (χ0v) is 25.2. The first-order valence-electron chi connectivity index (χ1n) is 15.4. The van der Waals surface area contributed by atoms with Gasteiger partial charge in [0, 0.05) is 26.2 Å². The Bertz CT molecular complexity index is 1540. The van der Waals surface area contributed by atoms with E-state index in [9.17, 15) is 0 Å². The monoisotopic (exact) mass is 590 g/mol. The first-order chi connectivity index (χ1) is 21.8. The predicted octanol–water partition coefficient (Wildman–Crippen LogP) is 6.18. The van der Waals surface area contributed by atoms with Crippen LogP contribution in [0.2, 0.25) is 0 Å². The van der Waals surface area contributed by atoms with Crippen LogP contribution in [0.15, 0.2) is 109 Å². The van der Waals surface area contributed by atoms with Gasteiger partial charge in [-0.2, -0.15) is 0 Å². The van der Waals surface area contributed by atoms with Gasteiger partial charge in [0.15, 0.2) is 0 Å². The van der Waals surface area contributed by atoms with Crippen molar-refractivity contribution in [1.29, 1.82) is 0 Å². The van der Waals surface area contributed by atoms with E-state index in [-0.39, 0.29) is 13.2 Å². The third kappa shape index (κ3) is 8.18. The minimum Gasteiger partial charge on any atom is -0.394 e. The topological polar surface area (TPSA) is 83.0 Å². The molecule has 228 valence electrons. The van der Waals surface area contributed by atoms with E-state index >= 15 is 0 Å². The largest absolute Gasteiger partial charge is 0.394 e. The molecule has 4 N–H and O–H groups in total. The SMILES string of the molecule is OCCOCCNCc1c2ccccc2c(CNCCOCCO)c2ccccc12.c1ccc2cc3ccccc3cc2c1. The summed E-state index contributed by atoms with van der Waals surface area (Å²) in [5, 5.41) is 34.9. The molecule has 0 atom stereocenters. The molecule has 0 amide bonds. The zero-order valence-electron chi connectivity index (χ0n) is 25.2. The smallest absolute Gasteiger partial charge is 0.0698 e. The van der Waals surface area contributed by atoms with Crippen molar-refractivity contribution in [3.8, 4) is 0 Å². The van der Waals surface area contributed by atoms with Crippen molar-refractivity contribution in [2.45, 2.75) is 13.1 Å². The second-order valence-electron chi connectivity index (χ2n) is 10.6. The molecule has 6 aromatic rings. The number of nitrogens with one attached hydrogen (secondary N) is 2. The molecule has 0 aliphatic carbocycles. The fraction of sp³-hybridized carbons (Fsp3) is 0.263. The highest BCUT2D eigenvalue weighted by atomic mass is 16.5. The molecule has 0 saturated carbocycles. The van der Waals surface area contributed by atoms with Crippen LogP contribution in [0.25, 0.3) is 43.1 Å². The summed E-state index contributed by atoms with van der Waals surface area (Å²) in [6.07, 6.45) is 0. The average Bonchev–Trinajstić information content (AvgIpc) is 3.07. The lowest BCUT2D eigenvalue weighted by Crippen LogP contribution is -2.21. The summed E-state index contributed by atoms with van der Waals surface area (Å²) in [6.45, 7) is 5.00. The normalized spacial score (nSPS) is 11.3. The van der Waals surface area contributed by atoms with Crippen LogP contribution in [-0.4, -0.2) is 62.9 Å². The number of benzene rings is 6. The lowest BCUT2D eigenvalue weighted by Gasteiger charge is -2.18. The van der Waals surface area contributed by atoms with Gasteiger partial charge >= 0.3 is 0 Å². The van der Waals surface area contributed by atoms with Crippen LogP contribution >= 0.6 is 0 Å². The van der Waals surface area contributed by atoms with Gasteiger partial charge in [-0.05, 0) is 66.3 Å². The molecule has 0 spiro atoms. The molecule has 0 aliphatic rings. The molecule has 0 aromatic heterocycles. The highest BCUT2D eigenvalue weighted by Gasteiger charge is 2.13. The van der Waals surface area contributed by atoms with E-state index < -0.39 is 0 Å². The minimum absolute atomic E-state index is 0.0539. The van der Waals surface area contributed by atoms with E-state index in [4.69, 9.17) is 19.7 Å². The lowest BCUT2D eigenvalue weighted by atomic mass is 9.91. The molecular weight excluding hydrogens is 548 g/mol. The fourth-order valence-corrected chi connectivity index (χ4v) is 5.62. The summed E-state index contributed by atoms with van der Waals surface area (Å²) < 4.78 is 10.7. The molecule has 0 unspecified atom stereocenters. The Hall–Kier alpha value is -3.88. The number of hydrogen-bond acceptors (Lipinski definition) is 6. The summed E-state index contributed by atoms with van der Waals surface area (Å²) >= 11 is 0. The first kappa shape index (κ1) is 31.5. The first-order valence-corrected chi connectivity index (χ1v) is 15.4. The Labute approximate surface area is 259 Å². The molecule has 44 heavy (non-hydrogen) atoms. The second kappa shape index (κ2) is 16.8. The molecule has 0 aliphatic heterocycles. The van der Waals surface area contributed by atoms with Crippen molar-refractivity contribution in [2.75, 3.05) is 52.7 Å². The Balaban J connectivity index is 0.000000226. The van der Waals surface area contributed by atoms with Crippen molar-refractivity contribution < 1.29 is 19.7 Å². The van der Waals surface area contributed by atoms with Gasteiger partial charge in [0.25, 0.3) is 0 Å². The highest BCUT2D eigenvalue weighted by Crippen LogP contribution is 2.33. The maximum atomic E-state index is 8.81. The van der Waals surface area contributed by atoms with Gasteiger partial charge in [-0.1, -0.05) is 97.1 Å². The Morgan fingerprint density at radius 2 is 0.750 bits per heavy atom. The Kier molecular flexibility index (Phi) is 12.1. The summed E-state index contributed by atoms with van der Waals surface area (Å²) in [5.41, 5.74) is 2.58. The van der Waals surface area contributed by atoms with E-state index in [2.05, 4.69) is 120 Å². The number of aliphatic hydroxyl groups excluding tert-OH is 2. The predicted molar refractivity (Wildman–Crippen MR) is 182 cm³/mol. The van der Waals surface area contributed by atoms with Crippen molar-refractivity contribution in [3.63, 3.8) is 0 Å². The zero-order chi connectivity index (χ0) is 30.4. The van der Waals surface area contributed by atoms with Crippen LogP contribution in [-0.2, 0) is 22.6 Å². The summed E-state index contributed by atoms with van der Waals surface area (Å²) in [7, 11) is 0. The van der Waals surface area contributed by atoms with Crippen LogP contribution < -0.4 is 10.6 Å². The van der Waals surface area contributed by atoms with Crippen molar-refractivity contribution in [2.24, 2.45) is 0 Å². The molecule has 0 heterocycles. The summed E-state index contributed by atoms with van der Waals surface area (Å²) in [6, 6.07) is 38.5. The number of rotatable bonds is 14. The van der Waals surface area contributed by atoms with Crippen LogP contribution in [0.4, 0.5) is 0 Å². The van der Waals surface area contributed by atoms with E-state index in [1.54, 1.807) is 0 Å². The van der Waals surface area contributed by atoms with Gasteiger partial charge in [0.1, 0.15) is 0 Å². The summed E-state index contributed by atoms with van der Waals surface area (Å²) in [4.78, 5) is 0. The van der Waals surface area contributed by atoms with Crippen LogP contribution in [0.1, 0.15) is 11.1 Å². The van der Waals surface area contributed by atoms with E-state index in [0.717, 1.165) is 26.2 Å². The number of aliphatic hydroxyl groups is 2. The Morgan fingerprint density at radius 3 is 1.07 bits per heavy atom. The molecule has 0 bridgehead atoms. The average molecular weight is 591 g/mol. The molecule has 0 fully saturated rings. The number of ether oxygens (including phenoxy) is 2. The maximum absolute atomic E-state index is 8.81. The minimum atomic E-state index is 0.0539. The van der Waals surface area contributed by atoms with Crippen molar-refractivity contribution >= 4 is 43.1 Å². The molecule has 6 rings (SSSR count). The number of hydrogen-bond donors (Lipinski definition) is 4. The second-order valence-corrected chi connectivity index (χ2v) is 10.6. The van der Waals surface area contributed by atoms with Crippen molar-refractivity contribution in [1.82, 2.24) is 10.6 Å². The maximum Gasteiger partial charge on any atom is 0.0698 e. The standard InChI is InChI=1S/C24H32N2O4.C14H10/c27-11-15-29-13-9-25-17-23-19-5-1-2-6-20(19)24(18-26-10-14-30-16-12-28)22-8-4-3-7-21(22)23;1-2-6-12-10-14-8-4-3-7-13(14)9-11(12)5-1/h1-8,25-28H,9-18H2;1-10H. The fourth-order valence-electron chi connectivity index (χ4n) is 5.62. The van der Waals surface area contributed by atoms with Crippen molar-refractivity contribution in [3.05, 3.63) is 120 Å². The highest BCUT2D eigenvalue weighted by molar-refractivity contribution is 6.05. The van der Waals surface area contributed by atoms with Gasteiger partial charge in [-0.15, -0.1) is 0 Å². The van der Waals surface area contributed by atoms with Gasteiger partial charge in [-0.25, -0.2) is 0 Å². The van der Waals surface area contributed by atoms with Crippen LogP contribution in [0.3, 0.4) is 0 Å². The molecule has 6 heteroatoms. The van der Waals surface area contributed by atoms with E-state index in [1.807, 2.05) is 0 Å². The van der Waals surface area contributed by atoms with E-state index in [1.165, 1.54) is 54.2 Å². The van der Waals surface area contributed by atoms with Gasteiger partial charge in [-0.3, -0.25) is 0 Å². The van der Waals surface area contributed by atoms with Gasteiger partial charge in [0.05, 0.1) is 39.6 Å². The molecule has 6 nitrogen and oxygen atoms in total. The molecule has 6 aromatic carbocycles. The Morgan fingerprint density at radius 1 is 0.432 bits per heavy atom. The summed E-state index contributed by atoms with van der Waals surface area (Å²) in [5.74, 6) is 0. The molecular formula is C38H42N2O4. The lowest BCUT2D eigenvalue weighted by molar-refractivity contribution is 0.0938. The van der Waals surface area contributed by atoms with Crippen LogP contribution in [0.5, 0.6) is 0 Å². The quantitative estimate of drug-likeness (QED) is 0.0896. The van der Waals surface area contributed by atoms with Crippen LogP contribution in [0, 0.1) is 0 Å². The van der Waals surface area contributed by atoms with Gasteiger partial charge < -0.3 is 30.3 Å². The molecule has 0 saturated heterocycles. The third-order valence-electron chi connectivity index (χ3n) is 7.69.